The van der Waals surface area contributed by atoms with Crippen molar-refractivity contribution >= 4 is 17.5 Å². The van der Waals surface area contributed by atoms with Gasteiger partial charge in [0.1, 0.15) is 5.75 Å². The predicted octanol–water partition coefficient (Wildman–Crippen LogP) is 1.97. The normalized spacial score (nSPS) is 25.8. The first-order valence-electron chi connectivity index (χ1n) is 9.17. The molecule has 1 aromatic rings. The molecule has 0 aromatic heterocycles. The van der Waals surface area contributed by atoms with Gasteiger partial charge in [0.25, 0.3) is 5.91 Å². The molecule has 1 aliphatic carbocycles. The van der Waals surface area contributed by atoms with Gasteiger partial charge in [-0.05, 0) is 25.0 Å². The molecule has 2 amide bonds. The Morgan fingerprint density at radius 1 is 1.20 bits per heavy atom. The summed E-state index contributed by atoms with van der Waals surface area (Å²) in [5, 5.41) is 0. The second-order valence-electron chi connectivity index (χ2n) is 6.90. The molecule has 0 radical (unpaired) electrons. The van der Waals surface area contributed by atoms with E-state index in [4.69, 9.17) is 9.47 Å². The summed E-state index contributed by atoms with van der Waals surface area (Å²) in [5.74, 6) is 0.731. The van der Waals surface area contributed by atoms with Crippen LogP contribution in [-0.2, 0) is 14.3 Å². The van der Waals surface area contributed by atoms with Gasteiger partial charge >= 0.3 is 0 Å². The summed E-state index contributed by atoms with van der Waals surface area (Å²) in [6.45, 7) is 1.71. The topological polar surface area (TPSA) is 59.1 Å². The van der Waals surface area contributed by atoms with E-state index in [9.17, 15) is 9.59 Å². The van der Waals surface area contributed by atoms with Crippen LogP contribution >= 0.6 is 0 Å². The Morgan fingerprint density at radius 2 is 2.04 bits per heavy atom. The van der Waals surface area contributed by atoms with Crippen LogP contribution in [0.15, 0.2) is 24.3 Å². The van der Waals surface area contributed by atoms with Crippen LogP contribution in [0.4, 0.5) is 5.69 Å². The monoisotopic (exact) mass is 344 g/mol. The van der Waals surface area contributed by atoms with Gasteiger partial charge in [0, 0.05) is 19.5 Å². The number of hydrogen-bond donors (Lipinski definition) is 0. The first-order chi connectivity index (χ1) is 12.2. The minimum atomic E-state index is -0.0935. The first kappa shape index (κ1) is 16.4. The third-order valence-electron chi connectivity index (χ3n) is 5.41. The zero-order valence-corrected chi connectivity index (χ0v) is 14.4. The van der Waals surface area contributed by atoms with Gasteiger partial charge in [0.05, 0.1) is 24.4 Å². The lowest BCUT2D eigenvalue weighted by atomic mass is 9.90. The van der Waals surface area contributed by atoms with Crippen LogP contribution in [0, 0.1) is 0 Å². The molecule has 2 fully saturated rings. The fraction of sp³-hybridized carbons (Fsp3) is 0.579. The number of benzene rings is 1. The smallest absolute Gasteiger partial charge is 0.265 e. The number of ether oxygens (including phenoxy) is 2. The molecule has 2 atom stereocenters. The van der Waals surface area contributed by atoms with Crippen molar-refractivity contribution in [1.29, 1.82) is 0 Å². The van der Waals surface area contributed by atoms with E-state index < -0.39 is 0 Å². The molecule has 1 saturated heterocycles. The van der Waals surface area contributed by atoms with Crippen molar-refractivity contribution in [3.63, 3.8) is 0 Å². The second-order valence-corrected chi connectivity index (χ2v) is 6.90. The van der Waals surface area contributed by atoms with Crippen molar-refractivity contribution in [3.05, 3.63) is 24.3 Å². The Hall–Kier alpha value is -2.08. The molecule has 6 nitrogen and oxygen atoms in total. The molecule has 134 valence electrons. The standard InChI is InChI=1S/C19H24N2O4/c22-18(21-11-12-24-16-7-3-1-5-14(16)21)9-10-20-15-6-2-4-8-17(15)25-13-19(20)23/h2,4,6,8,14,16H,1,3,5,7,9-13H2/t14-,16+/m0/s1. The fourth-order valence-corrected chi connectivity index (χ4v) is 4.16. The van der Waals surface area contributed by atoms with Crippen LogP contribution in [0.1, 0.15) is 32.1 Å². The van der Waals surface area contributed by atoms with E-state index in [1.54, 1.807) is 4.90 Å². The van der Waals surface area contributed by atoms with Crippen molar-refractivity contribution in [2.45, 2.75) is 44.2 Å². The second kappa shape index (κ2) is 7.04. The molecule has 6 heteroatoms. The lowest BCUT2D eigenvalue weighted by Crippen LogP contribution is -2.55. The highest BCUT2D eigenvalue weighted by atomic mass is 16.5. The Bertz CT molecular complexity index is 661. The van der Waals surface area contributed by atoms with Gasteiger partial charge < -0.3 is 19.3 Å². The van der Waals surface area contributed by atoms with E-state index in [2.05, 4.69) is 0 Å². The number of carbonyl (C=O) groups excluding carboxylic acids is 2. The van der Waals surface area contributed by atoms with Gasteiger partial charge in [-0.2, -0.15) is 0 Å². The molecular weight excluding hydrogens is 320 g/mol. The van der Waals surface area contributed by atoms with Crippen molar-refractivity contribution in [3.8, 4) is 5.75 Å². The lowest BCUT2D eigenvalue weighted by molar-refractivity contribution is -0.149. The molecular formula is C19H24N2O4. The van der Waals surface area contributed by atoms with E-state index in [1.165, 1.54) is 6.42 Å². The van der Waals surface area contributed by atoms with Crippen LogP contribution in [0.25, 0.3) is 0 Å². The molecule has 0 N–H and O–H groups in total. The number of amides is 2. The predicted molar refractivity (Wildman–Crippen MR) is 92.6 cm³/mol. The Kier molecular flexibility index (Phi) is 4.61. The Balaban J connectivity index is 1.42. The summed E-state index contributed by atoms with van der Waals surface area (Å²) in [6.07, 6.45) is 4.94. The summed E-state index contributed by atoms with van der Waals surface area (Å²) >= 11 is 0. The van der Waals surface area contributed by atoms with Gasteiger partial charge in [-0.25, -0.2) is 0 Å². The molecule has 1 aromatic carbocycles. The number of para-hydroxylation sites is 2. The molecule has 2 aliphatic heterocycles. The summed E-state index contributed by atoms with van der Waals surface area (Å²) < 4.78 is 11.3. The molecule has 3 aliphatic rings. The SMILES string of the molecule is O=C1COc2ccccc2N1CCC(=O)N1CCO[C@@H]2CCCC[C@@H]21. The maximum absolute atomic E-state index is 12.8. The van der Waals surface area contributed by atoms with Crippen molar-refractivity contribution in [1.82, 2.24) is 4.90 Å². The highest BCUT2D eigenvalue weighted by Gasteiger charge is 2.36. The van der Waals surface area contributed by atoms with E-state index in [0.717, 1.165) is 24.9 Å². The number of hydrogen-bond acceptors (Lipinski definition) is 4. The van der Waals surface area contributed by atoms with Gasteiger partial charge in [-0.15, -0.1) is 0 Å². The summed E-state index contributed by atoms with van der Waals surface area (Å²) in [6, 6.07) is 7.69. The zero-order chi connectivity index (χ0) is 17.2. The van der Waals surface area contributed by atoms with Crippen molar-refractivity contribution < 1.29 is 19.1 Å². The Labute approximate surface area is 147 Å². The third-order valence-corrected chi connectivity index (χ3v) is 5.41. The van der Waals surface area contributed by atoms with Crippen LogP contribution in [0.2, 0.25) is 0 Å². The first-order valence-corrected chi connectivity index (χ1v) is 9.17. The molecule has 2 heterocycles. The van der Waals surface area contributed by atoms with Crippen molar-refractivity contribution in [2.75, 3.05) is 31.2 Å². The van der Waals surface area contributed by atoms with Gasteiger partial charge in [0.2, 0.25) is 5.91 Å². The molecule has 1 saturated carbocycles. The van der Waals surface area contributed by atoms with Crippen LogP contribution in [-0.4, -0.2) is 55.2 Å². The quantitative estimate of drug-likeness (QED) is 0.841. The summed E-state index contributed by atoms with van der Waals surface area (Å²) in [5.41, 5.74) is 0.754. The van der Waals surface area contributed by atoms with E-state index in [-0.39, 0.29) is 30.6 Å². The van der Waals surface area contributed by atoms with E-state index in [0.29, 0.717) is 31.9 Å². The number of anilines is 1. The zero-order valence-electron chi connectivity index (χ0n) is 14.4. The number of carbonyl (C=O) groups is 2. The number of fused-ring (bicyclic) bond motifs is 2. The third kappa shape index (κ3) is 3.23. The molecule has 4 rings (SSSR count). The molecule has 25 heavy (non-hydrogen) atoms. The average molecular weight is 344 g/mol. The minimum absolute atomic E-state index is 0.0352. The maximum Gasteiger partial charge on any atom is 0.265 e. The highest BCUT2D eigenvalue weighted by Crippen LogP contribution is 2.32. The molecule has 0 unspecified atom stereocenters. The van der Waals surface area contributed by atoms with E-state index in [1.807, 2.05) is 29.2 Å². The van der Waals surface area contributed by atoms with Crippen LogP contribution < -0.4 is 9.64 Å². The van der Waals surface area contributed by atoms with Crippen LogP contribution in [0.3, 0.4) is 0 Å². The fourth-order valence-electron chi connectivity index (χ4n) is 4.16. The maximum atomic E-state index is 12.8. The molecule has 0 spiro atoms. The van der Waals surface area contributed by atoms with Crippen molar-refractivity contribution in [2.24, 2.45) is 0 Å². The highest BCUT2D eigenvalue weighted by molar-refractivity contribution is 5.98. The lowest BCUT2D eigenvalue weighted by Gasteiger charge is -2.44. The van der Waals surface area contributed by atoms with Gasteiger partial charge in [0.15, 0.2) is 6.61 Å². The summed E-state index contributed by atoms with van der Waals surface area (Å²) in [4.78, 5) is 28.7. The largest absolute Gasteiger partial charge is 0.482 e. The molecule has 0 bridgehead atoms. The minimum Gasteiger partial charge on any atom is -0.482 e. The van der Waals surface area contributed by atoms with Gasteiger partial charge in [-0.1, -0.05) is 25.0 Å². The Morgan fingerprint density at radius 3 is 2.96 bits per heavy atom. The number of morpholine rings is 1. The summed E-state index contributed by atoms with van der Waals surface area (Å²) in [7, 11) is 0. The average Bonchev–Trinajstić information content (AvgIpc) is 2.66. The number of nitrogens with zero attached hydrogens (tertiary/aromatic N) is 2. The number of rotatable bonds is 3. The van der Waals surface area contributed by atoms with E-state index >= 15 is 0 Å². The van der Waals surface area contributed by atoms with Gasteiger partial charge in [-0.3, -0.25) is 9.59 Å². The van der Waals surface area contributed by atoms with Crippen LogP contribution in [0.5, 0.6) is 5.75 Å².